The van der Waals surface area contributed by atoms with Gasteiger partial charge in [0.2, 0.25) is 5.91 Å². The molecule has 1 aromatic rings. The second kappa shape index (κ2) is 8.04. The predicted molar refractivity (Wildman–Crippen MR) is 81.2 cm³/mol. The summed E-state index contributed by atoms with van der Waals surface area (Å²) in [6, 6.07) is 6.93. The van der Waals surface area contributed by atoms with Crippen molar-refractivity contribution in [3.63, 3.8) is 0 Å². The minimum absolute atomic E-state index is 0.177. The lowest BCUT2D eigenvalue weighted by atomic mass is 10.0. The summed E-state index contributed by atoms with van der Waals surface area (Å²) >= 11 is 3.35. The van der Waals surface area contributed by atoms with Crippen molar-refractivity contribution < 1.29 is 14.3 Å². The number of nitrogens with one attached hydrogen (secondary N) is 1. The summed E-state index contributed by atoms with van der Waals surface area (Å²) in [5.41, 5.74) is 0.902. The van der Waals surface area contributed by atoms with Gasteiger partial charge in [-0.3, -0.25) is 4.79 Å². The third-order valence-electron chi connectivity index (χ3n) is 2.81. The minimum Gasteiger partial charge on any atom is -0.467 e. The van der Waals surface area contributed by atoms with Gasteiger partial charge in [-0.25, -0.2) is 4.79 Å². The van der Waals surface area contributed by atoms with Gasteiger partial charge in [-0.2, -0.15) is 0 Å². The zero-order valence-electron chi connectivity index (χ0n) is 12.0. The van der Waals surface area contributed by atoms with Crippen LogP contribution in [0.4, 0.5) is 0 Å². The zero-order chi connectivity index (χ0) is 15.1. The highest BCUT2D eigenvalue weighted by Gasteiger charge is 2.22. The molecule has 0 aliphatic carbocycles. The molecule has 1 unspecified atom stereocenters. The fourth-order valence-electron chi connectivity index (χ4n) is 1.86. The van der Waals surface area contributed by atoms with Crippen molar-refractivity contribution in [3.8, 4) is 0 Å². The number of amides is 1. The first-order chi connectivity index (χ1) is 9.42. The quantitative estimate of drug-likeness (QED) is 0.809. The Labute approximate surface area is 128 Å². The van der Waals surface area contributed by atoms with Crippen molar-refractivity contribution in [3.05, 3.63) is 34.3 Å². The SMILES string of the molecule is COC(=O)C(CC(C)C)NC(=O)Cc1ccc(Br)cc1. The summed E-state index contributed by atoms with van der Waals surface area (Å²) in [7, 11) is 1.33. The molecule has 1 aromatic carbocycles. The van der Waals surface area contributed by atoms with Crippen LogP contribution in [0, 0.1) is 5.92 Å². The van der Waals surface area contributed by atoms with Gasteiger partial charge in [-0.1, -0.05) is 41.9 Å². The molecule has 0 bridgehead atoms. The lowest BCUT2D eigenvalue weighted by Gasteiger charge is -2.18. The van der Waals surface area contributed by atoms with Gasteiger partial charge in [-0.05, 0) is 30.0 Å². The number of esters is 1. The Balaban J connectivity index is 2.61. The molecule has 1 atom stereocenters. The predicted octanol–water partition coefficient (Wildman–Crippen LogP) is 2.70. The Hall–Kier alpha value is -1.36. The first-order valence-corrected chi connectivity index (χ1v) is 7.33. The lowest BCUT2D eigenvalue weighted by molar-refractivity contribution is -0.145. The van der Waals surface area contributed by atoms with Crippen molar-refractivity contribution in [2.75, 3.05) is 7.11 Å². The van der Waals surface area contributed by atoms with Crippen LogP contribution < -0.4 is 5.32 Å². The number of ether oxygens (including phenoxy) is 1. The monoisotopic (exact) mass is 341 g/mol. The van der Waals surface area contributed by atoms with Gasteiger partial charge < -0.3 is 10.1 Å². The Morgan fingerprint density at radius 2 is 1.85 bits per heavy atom. The van der Waals surface area contributed by atoms with Crippen LogP contribution in [0.5, 0.6) is 0 Å². The normalized spacial score (nSPS) is 12.1. The molecule has 0 aliphatic rings. The number of methoxy groups -OCH3 is 1. The van der Waals surface area contributed by atoms with Gasteiger partial charge in [0, 0.05) is 4.47 Å². The highest BCUT2D eigenvalue weighted by molar-refractivity contribution is 9.10. The van der Waals surface area contributed by atoms with E-state index in [2.05, 4.69) is 21.2 Å². The third kappa shape index (κ3) is 5.74. The van der Waals surface area contributed by atoms with Crippen LogP contribution in [0.15, 0.2) is 28.7 Å². The smallest absolute Gasteiger partial charge is 0.328 e. The molecule has 0 aromatic heterocycles. The molecule has 0 saturated carbocycles. The Kier molecular flexibility index (Phi) is 6.71. The molecule has 0 spiro atoms. The minimum atomic E-state index is -0.581. The van der Waals surface area contributed by atoms with Crippen molar-refractivity contribution in [1.82, 2.24) is 5.32 Å². The fourth-order valence-corrected chi connectivity index (χ4v) is 2.13. The number of carbonyl (C=O) groups excluding carboxylic acids is 2. The van der Waals surface area contributed by atoms with E-state index in [1.54, 1.807) is 0 Å². The Morgan fingerprint density at radius 1 is 1.25 bits per heavy atom. The average Bonchev–Trinajstić information content (AvgIpc) is 2.39. The molecule has 0 aliphatic heterocycles. The number of rotatable bonds is 6. The standard InChI is InChI=1S/C15H20BrNO3/c1-10(2)8-13(15(19)20-3)17-14(18)9-11-4-6-12(16)7-5-11/h4-7,10,13H,8-9H2,1-3H3,(H,17,18). The van der Waals surface area contributed by atoms with Crippen LogP contribution >= 0.6 is 15.9 Å². The number of hydrogen-bond acceptors (Lipinski definition) is 3. The molecule has 0 fully saturated rings. The van der Waals surface area contributed by atoms with E-state index >= 15 is 0 Å². The highest BCUT2D eigenvalue weighted by Crippen LogP contribution is 2.11. The first-order valence-electron chi connectivity index (χ1n) is 6.54. The Morgan fingerprint density at radius 3 is 2.35 bits per heavy atom. The number of carbonyl (C=O) groups is 2. The maximum Gasteiger partial charge on any atom is 0.328 e. The molecule has 0 saturated heterocycles. The molecule has 1 amide bonds. The van der Waals surface area contributed by atoms with Crippen LogP contribution in [-0.2, 0) is 20.7 Å². The van der Waals surface area contributed by atoms with Crippen LogP contribution in [-0.4, -0.2) is 25.0 Å². The van der Waals surface area contributed by atoms with E-state index in [0.29, 0.717) is 12.3 Å². The van der Waals surface area contributed by atoms with Crippen LogP contribution in [0.1, 0.15) is 25.8 Å². The Bertz CT molecular complexity index is 457. The molecule has 0 heterocycles. The van der Waals surface area contributed by atoms with E-state index in [0.717, 1.165) is 10.0 Å². The summed E-state index contributed by atoms with van der Waals surface area (Å²) in [5, 5.41) is 2.74. The van der Waals surface area contributed by atoms with Gasteiger partial charge in [0.05, 0.1) is 13.5 Å². The molecule has 0 radical (unpaired) electrons. The van der Waals surface area contributed by atoms with E-state index < -0.39 is 12.0 Å². The second-order valence-electron chi connectivity index (χ2n) is 5.08. The zero-order valence-corrected chi connectivity index (χ0v) is 13.6. The maximum absolute atomic E-state index is 12.0. The van der Waals surface area contributed by atoms with E-state index in [9.17, 15) is 9.59 Å². The van der Waals surface area contributed by atoms with Crippen LogP contribution in [0.25, 0.3) is 0 Å². The number of hydrogen-bond donors (Lipinski definition) is 1. The molecule has 1 N–H and O–H groups in total. The topological polar surface area (TPSA) is 55.4 Å². The van der Waals surface area contributed by atoms with E-state index in [1.165, 1.54) is 7.11 Å². The summed E-state index contributed by atoms with van der Waals surface area (Å²) in [6.07, 6.45) is 0.817. The van der Waals surface area contributed by atoms with Gasteiger partial charge in [0.15, 0.2) is 0 Å². The first kappa shape index (κ1) is 16.7. The third-order valence-corrected chi connectivity index (χ3v) is 3.33. The average molecular weight is 342 g/mol. The second-order valence-corrected chi connectivity index (χ2v) is 5.99. The van der Waals surface area contributed by atoms with Gasteiger partial charge in [0.1, 0.15) is 6.04 Å². The molecule has 4 nitrogen and oxygen atoms in total. The van der Waals surface area contributed by atoms with Crippen molar-refractivity contribution >= 4 is 27.8 Å². The van der Waals surface area contributed by atoms with Gasteiger partial charge in [-0.15, -0.1) is 0 Å². The van der Waals surface area contributed by atoms with E-state index in [4.69, 9.17) is 4.74 Å². The van der Waals surface area contributed by atoms with Crippen LogP contribution in [0.2, 0.25) is 0 Å². The molecular formula is C15H20BrNO3. The van der Waals surface area contributed by atoms with Crippen molar-refractivity contribution in [2.45, 2.75) is 32.7 Å². The van der Waals surface area contributed by atoms with E-state index in [-0.39, 0.29) is 12.3 Å². The lowest BCUT2D eigenvalue weighted by Crippen LogP contribution is -2.43. The van der Waals surface area contributed by atoms with Gasteiger partial charge >= 0.3 is 5.97 Å². The molecular weight excluding hydrogens is 322 g/mol. The van der Waals surface area contributed by atoms with Crippen molar-refractivity contribution in [2.24, 2.45) is 5.92 Å². The molecule has 5 heteroatoms. The maximum atomic E-state index is 12.0. The molecule has 1 rings (SSSR count). The largest absolute Gasteiger partial charge is 0.467 e. The van der Waals surface area contributed by atoms with E-state index in [1.807, 2.05) is 38.1 Å². The van der Waals surface area contributed by atoms with Crippen LogP contribution in [0.3, 0.4) is 0 Å². The molecule has 110 valence electrons. The number of benzene rings is 1. The summed E-state index contributed by atoms with van der Waals surface area (Å²) in [5.74, 6) is -0.279. The summed E-state index contributed by atoms with van der Waals surface area (Å²) in [6.45, 7) is 3.99. The molecule has 20 heavy (non-hydrogen) atoms. The fraction of sp³-hybridized carbons (Fsp3) is 0.467. The summed E-state index contributed by atoms with van der Waals surface area (Å²) < 4.78 is 5.69. The van der Waals surface area contributed by atoms with Crippen molar-refractivity contribution in [1.29, 1.82) is 0 Å². The van der Waals surface area contributed by atoms with Gasteiger partial charge in [0.25, 0.3) is 0 Å². The highest BCUT2D eigenvalue weighted by atomic mass is 79.9. The summed E-state index contributed by atoms with van der Waals surface area (Å²) in [4.78, 5) is 23.6. The number of halogens is 1.